The molecule has 1 N–H and O–H groups in total. The summed E-state index contributed by atoms with van der Waals surface area (Å²) in [5.41, 5.74) is 3.34. The third kappa shape index (κ3) is 5.52. The summed E-state index contributed by atoms with van der Waals surface area (Å²) in [6.45, 7) is 14.2. The molecule has 2 heterocycles. The zero-order valence-electron chi connectivity index (χ0n) is 25.0. The number of hydrogen-bond donors (Lipinski definition) is 1. The van der Waals surface area contributed by atoms with Crippen molar-refractivity contribution in [2.45, 2.75) is 89.6 Å². The van der Waals surface area contributed by atoms with Crippen LogP contribution in [0.2, 0.25) is 5.02 Å². The van der Waals surface area contributed by atoms with E-state index in [9.17, 15) is 18.4 Å². The second-order valence-electron chi connectivity index (χ2n) is 13.4. The Morgan fingerprint density at radius 1 is 1.07 bits per heavy atom. The first-order valence-electron chi connectivity index (χ1n) is 14.8. The third-order valence-electron chi connectivity index (χ3n) is 10.0. The number of halogens is 3. The lowest BCUT2D eigenvalue weighted by atomic mass is 9.71. The largest absolute Gasteiger partial charge is 0.351 e. The lowest BCUT2D eigenvalue weighted by molar-refractivity contribution is -0.137. The van der Waals surface area contributed by atoms with E-state index in [1.807, 2.05) is 11.8 Å². The molecule has 5 rings (SSSR count). The van der Waals surface area contributed by atoms with Crippen molar-refractivity contribution in [1.29, 1.82) is 0 Å². The minimum atomic E-state index is -0.610. The zero-order valence-corrected chi connectivity index (χ0v) is 25.7. The Labute approximate surface area is 247 Å². The van der Waals surface area contributed by atoms with Gasteiger partial charge in [0.15, 0.2) is 0 Å². The fraction of sp³-hybridized carbons (Fsp3) is 0.576. The first-order valence-corrected chi connectivity index (χ1v) is 15.2. The van der Waals surface area contributed by atoms with E-state index in [0.717, 1.165) is 35.9 Å². The van der Waals surface area contributed by atoms with Gasteiger partial charge in [-0.3, -0.25) is 14.5 Å². The highest BCUT2D eigenvalue weighted by Crippen LogP contribution is 2.56. The van der Waals surface area contributed by atoms with Crippen LogP contribution < -0.4 is 5.32 Å². The number of piperidine rings is 1. The number of likely N-dealkylation sites (tertiary alicyclic amines) is 2. The third-order valence-corrected chi connectivity index (χ3v) is 10.4. The van der Waals surface area contributed by atoms with Crippen LogP contribution in [0.5, 0.6) is 0 Å². The van der Waals surface area contributed by atoms with Crippen LogP contribution in [0, 0.1) is 24.5 Å². The molecular weight excluding hydrogens is 544 g/mol. The molecule has 5 nitrogen and oxygen atoms in total. The summed E-state index contributed by atoms with van der Waals surface area (Å²) in [4.78, 5) is 30.3. The maximum atomic E-state index is 14.9. The highest BCUT2D eigenvalue weighted by Gasteiger charge is 2.51. The summed E-state index contributed by atoms with van der Waals surface area (Å²) < 4.78 is 28.6. The number of hydrogen-bond acceptors (Lipinski definition) is 3. The van der Waals surface area contributed by atoms with Crippen LogP contribution >= 0.6 is 11.6 Å². The van der Waals surface area contributed by atoms with Gasteiger partial charge in [-0.25, -0.2) is 8.78 Å². The molecule has 2 fully saturated rings. The monoisotopic (exact) mass is 585 g/mol. The normalized spacial score (nSPS) is 24.2. The van der Waals surface area contributed by atoms with E-state index in [4.69, 9.17) is 11.6 Å². The van der Waals surface area contributed by atoms with Crippen LogP contribution in [-0.4, -0.2) is 59.4 Å². The Kier molecular flexibility index (Phi) is 8.01. The molecule has 2 saturated heterocycles. The number of carbonyl (C=O) groups is 2. The quantitative estimate of drug-likeness (QED) is 0.447. The van der Waals surface area contributed by atoms with Crippen LogP contribution in [0.15, 0.2) is 30.3 Å². The van der Waals surface area contributed by atoms with Gasteiger partial charge in [0.1, 0.15) is 11.6 Å². The van der Waals surface area contributed by atoms with Crippen LogP contribution in [0.25, 0.3) is 0 Å². The first-order chi connectivity index (χ1) is 19.2. The van der Waals surface area contributed by atoms with Gasteiger partial charge in [-0.1, -0.05) is 23.7 Å². The number of rotatable bonds is 5. The van der Waals surface area contributed by atoms with Crippen molar-refractivity contribution in [3.63, 3.8) is 0 Å². The molecule has 0 aromatic heterocycles. The molecule has 3 atom stereocenters. The number of aryl methyl sites for hydroxylation is 1. The summed E-state index contributed by atoms with van der Waals surface area (Å²) in [6, 6.07) is 8.21. The molecule has 1 aliphatic carbocycles. The lowest BCUT2D eigenvalue weighted by Crippen LogP contribution is -2.49. The molecule has 222 valence electrons. The number of nitrogens with zero attached hydrogens (tertiary/aromatic N) is 2. The highest BCUT2D eigenvalue weighted by molar-refractivity contribution is 6.31. The first kappa shape index (κ1) is 30.0. The van der Waals surface area contributed by atoms with Gasteiger partial charge >= 0.3 is 0 Å². The average molecular weight is 586 g/mol. The standard InChI is InChI=1S/C33H42ClF2N3O2/c1-19(2)39-17-25(23-8-7-22(35)14-30(23)36)26(18-39)31(41)38-11-9-33(10-12-38)16-28(32(5,6)37-21(4)40)24-13-20(3)29(34)15-27(24)33/h7-8,13-15,19,25-26,28H,9-12,16-18H2,1-6H3,(H,37,40)/t25-,26?,28-/m0/s1. The number of carbonyl (C=O) groups excluding carboxylic acids is 2. The molecule has 2 aliphatic heterocycles. The second kappa shape index (κ2) is 11.0. The van der Waals surface area contributed by atoms with Crippen LogP contribution in [0.3, 0.4) is 0 Å². The molecule has 2 aromatic rings. The zero-order chi connectivity index (χ0) is 29.9. The highest BCUT2D eigenvalue weighted by atomic mass is 35.5. The predicted octanol–water partition coefficient (Wildman–Crippen LogP) is 6.31. The molecule has 3 aliphatic rings. The molecule has 41 heavy (non-hydrogen) atoms. The van der Waals surface area contributed by atoms with Gasteiger partial charge in [-0.2, -0.15) is 0 Å². The Morgan fingerprint density at radius 2 is 1.76 bits per heavy atom. The molecular formula is C33H42ClF2N3O2. The number of fused-ring (bicyclic) bond motifs is 2. The van der Waals surface area contributed by atoms with Crippen molar-refractivity contribution in [2.75, 3.05) is 26.2 Å². The minimum Gasteiger partial charge on any atom is -0.351 e. The van der Waals surface area contributed by atoms with E-state index in [0.29, 0.717) is 31.7 Å². The summed E-state index contributed by atoms with van der Waals surface area (Å²) >= 11 is 6.65. The smallest absolute Gasteiger partial charge is 0.227 e. The Bertz CT molecular complexity index is 1350. The summed E-state index contributed by atoms with van der Waals surface area (Å²) in [5, 5.41) is 3.91. The van der Waals surface area contributed by atoms with E-state index < -0.39 is 17.2 Å². The van der Waals surface area contributed by atoms with Crippen molar-refractivity contribution in [3.8, 4) is 0 Å². The summed E-state index contributed by atoms with van der Waals surface area (Å²) in [5.74, 6) is -1.78. The van der Waals surface area contributed by atoms with Crippen LogP contribution in [-0.2, 0) is 15.0 Å². The van der Waals surface area contributed by atoms with Gasteiger partial charge in [0.25, 0.3) is 0 Å². The molecule has 0 bridgehead atoms. The molecule has 1 unspecified atom stereocenters. The van der Waals surface area contributed by atoms with Gasteiger partial charge in [0.2, 0.25) is 11.8 Å². The average Bonchev–Trinajstić information content (AvgIpc) is 3.45. The Balaban J connectivity index is 1.39. The Morgan fingerprint density at radius 3 is 2.37 bits per heavy atom. The van der Waals surface area contributed by atoms with E-state index >= 15 is 0 Å². The van der Waals surface area contributed by atoms with Crippen molar-refractivity contribution in [2.24, 2.45) is 5.92 Å². The fourth-order valence-corrected chi connectivity index (χ4v) is 7.90. The van der Waals surface area contributed by atoms with Crippen molar-refractivity contribution < 1.29 is 18.4 Å². The lowest BCUT2D eigenvalue weighted by Gasteiger charge is -2.42. The summed E-state index contributed by atoms with van der Waals surface area (Å²) in [7, 11) is 0. The van der Waals surface area contributed by atoms with E-state index in [1.165, 1.54) is 23.3 Å². The SMILES string of the molecule is CC(=O)NC(C)(C)[C@H]1CC2(CCN(C(=O)C3CN(C(C)C)C[C@H]3c3ccc(F)cc3F)CC2)c2cc(Cl)c(C)cc21. The van der Waals surface area contributed by atoms with Crippen LogP contribution in [0.4, 0.5) is 8.78 Å². The van der Waals surface area contributed by atoms with E-state index in [2.05, 4.69) is 50.0 Å². The number of nitrogens with one attached hydrogen (secondary N) is 1. The van der Waals surface area contributed by atoms with Crippen molar-refractivity contribution in [1.82, 2.24) is 15.1 Å². The second-order valence-corrected chi connectivity index (χ2v) is 13.8. The van der Waals surface area contributed by atoms with Crippen LogP contribution in [0.1, 0.15) is 88.0 Å². The summed E-state index contributed by atoms with van der Waals surface area (Å²) in [6.07, 6.45) is 2.48. The molecule has 8 heteroatoms. The molecule has 2 amide bonds. The number of benzene rings is 2. The predicted molar refractivity (Wildman–Crippen MR) is 158 cm³/mol. The number of amides is 2. The van der Waals surface area contributed by atoms with E-state index in [1.54, 1.807) is 6.92 Å². The molecule has 2 aromatic carbocycles. The fourth-order valence-electron chi connectivity index (χ4n) is 7.73. The maximum absolute atomic E-state index is 14.9. The van der Waals surface area contributed by atoms with Crippen molar-refractivity contribution in [3.05, 3.63) is 69.2 Å². The van der Waals surface area contributed by atoms with Gasteiger partial charge in [-0.15, -0.1) is 0 Å². The topological polar surface area (TPSA) is 52.7 Å². The maximum Gasteiger partial charge on any atom is 0.227 e. The molecule has 0 radical (unpaired) electrons. The molecule has 1 spiro atoms. The van der Waals surface area contributed by atoms with Gasteiger partial charge in [0, 0.05) is 67.6 Å². The molecule has 0 saturated carbocycles. The van der Waals surface area contributed by atoms with E-state index in [-0.39, 0.29) is 41.0 Å². The van der Waals surface area contributed by atoms with Gasteiger partial charge in [0.05, 0.1) is 5.92 Å². The minimum absolute atomic E-state index is 0.0482. The van der Waals surface area contributed by atoms with Gasteiger partial charge < -0.3 is 10.2 Å². The Hall–Kier alpha value is -2.51. The van der Waals surface area contributed by atoms with Crippen molar-refractivity contribution >= 4 is 23.4 Å². The van der Waals surface area contributed by atoms with Gasteiger partial charge in [-0.05, 0) is 93.7 Å².